The largest absolute Gasteiger partial charge is 0.461 e. The van der Waals surface area contributed by atoms with Crippen molar-refractivity contribution in [2.45, 2.75) is 20.8 Å². The molecule has 0 aliphatic rings. The average Bonchev–Trinajstić information content (AvgIpc) is 2.96. The Morgan fingerprint density at radius 1 is 1.36 bits per heavy atom. The minimum absolute atomic E-state index is 0.277. The van der Waals surface area contributed by atoms with Gasteiger partial charge in [-0.15, -0.1) is 0 Å². The molecule has 0 saturated carbocycles. The molecule has 2 heterocycles. The number of hydrogen-bond donors (Lipinski definition) is 2. The van der Waals surface area contributed by atoms with E-state index in [4.69, 9.17) is 9.15 Å². The van der Waals surface area contributed by atoms with Crippen molar-refractivity contribution < 1.29 is 13.9 Å². The van der Waals surface area contributed by atoms with Crippen LogP contribution in [0.1, 0.15) is 23.9 Å². The van der Waals surface area contributed by atoms with Crippen molar-refractivity contribution in [1.29, 1.82) is 0 Å². The molecule has 2 aromatic heterocycles. The Morgan fingerprint density at radius 3 is 2.82 bits per heavy atom. The van der Waals surface area contributed by atoms with Gasteiger partial charge in [0.05, 0.1) is 12.9 Å². The van der Waals surface area contributed by atoms with Gasteiger partial charge in [-0.2, -0.15) is 0 Å². The molecule has 0 saturated heterocycles. The van der Waals surface area contributed by atoms with Gasteiger partial charge in [0.1, 0.15) is 0 Å². The van der Waals surface area contributed by atoms with Gasteiger partial charge in [-0.25, -0.2) is 20.2 Å². The predicted molar refractivity (Wildman–Crippen MR) is 81.9 cm³/mol. The molecule has 0 unspecified atom stereocenters. The quantitative estimate of drug-likeness (QED) is 0.517. The molecular weight excluding hydrogens is 284 g/mol. The Bertz CT molecular complexity index is 645. The van der Waals surface area contributed by atoms with E-state index >= 15 is 0 Å². The number of nitrogens with zero attached hydrogens (tertiary/aromatic N) is 2. The average molecular weight is 302 g/mol. The number of amides is 1. The molecule has 22 heavy (non-hydrogen) atoms. The Labute approximate surface area is 128 Å². The number of aliphatic imine (C=N–C) groups is 1. The third-order valence-corrected chi connectivity index (χ3v) is 2.62. The van der Waals surface area contributed by atoms with Crippen LogP contribution in [-0.4, -0.2) is 23.5 Å². The molecule has 0 radical (unpaired) electrons. The number of nitrogens with one attached hydrogen (secondary N) is 2. The first kappa shape index (κ1) is 15.6. The molecule has 7 nitrogen and oxygen atoms in total. The lowest BCUT2D eigenvalue weighted by Crippen LogP contribution is -2.42. The fraction of sp³-hybridized carbons (Fsp3) is 0.267. The number of ether oxygens (including phenoxy) is 1. The standard InChI is InChI=1S/C15H18N4O3/c1-4-21-15(20)19-18-14(12-6-5-7-22-12)17-13-9-10(2)8-11(3)16-13/h5-9H,4H2,1-3H3,(H,19,20)(H,16,17,18). The number of pyridine rings is 1. The van der Waals surface area contributed by atoms with Gasteiger partial charge in [0.25, 0.3) is 0 Å². The van der Waals surface area contributed by atoms with E-state index in [1.807, 2.05) is 26.0 Å². The van der Waals surface area contributed by atoms with Crippen LogP contribution in [0.5, 0.6) is 0 Å². The van der Waals surface area contributed by atoms with Crippen LogP contribution in [0.15, 0.2) is 39.9 Å². The topological polar surface area (TPSA) is 88.8 Å². The lowest BCUT2D eigenvalue weighted by molar-refractivity contribution is 0.150. The summed E-state index contributed by atoms with van der Waals surface area (Å²) in [5, 5.41) is 0. The van der Waals surface area contributed by atoms with Gasteiger partial charge < -0.3 is 9.15 Å². The number of hydrogen-bond acceptors (Lipinski definition) is 5. The second-order valence-corrected chi connectivity index (χ2v) is 4.55. The highest BCUT2D eigenvalue weighted by atomic mass is 16.5. The molecule has 0 bridgehead atoms. The number of furan rings is 1. The zero-order valence-corrected chi connectivity index (χ0v) is 12.7. The lowest BCUT2D eigenvalue weighted by Gasteiger charge is -2.09. The van der Waals surface area contributed by atoms with Gasteiger partial charge in [0.2, 0.25) is 0 Å². The molecule has 7 heteroatoms. The van der Waals surface area contributed by atoms with Gasteiger partial charge in [0, 0.05) is 5.69 Å². The van der Waals surface area contributed by atoms with Crippen LogP contribution in [0.3, 0.4) is 0 Å². The molecule has 2 rings (SSSR count). The highest BCUT2D eigenvalue weighted by Gasteiger charge is 2.10. The van der Waals surface area contributed by atoms with E-state index in [9.17, 15) is 4.79 Å². The Morgan fingerprint density at radius 2 is 2.18 bits per heavy atom. The maximum Gasteiger partial charge on any atom is 0.425 e. The SMILES string of the molecule is CCOC(=O)NN/C(=N\c1cc(C)cc(C)n1)c1ccco1. The summed E-state index contributed by atoms with van der Waals surface area (Å²) in [4.78, 5) is 20.1. The molecule has 0 spiro atoms. The molecule has 0 aromatic carbocycles. The Kier molecular flexibility index (Phi) is 5.13. The number of aryl methyl sites for hydroxylation is 2. The van der Waals surface area contributed by atoms with Gasteiger partial charge in [-0.05, 0) is 50.6 Å². The number of aromatic nitrogens is 1. The van der Waals surface area contributed by atoms with Crippen molar-refractivity contribution in [2.75, 3.05) is 6.61 Å². The Balaban J connectivity index is 2.24. The minimum atomic E-state index is -0.602. The van der Waals surface area contributed by atoms with Gasteiger partial charge >= 0.3 is 6.09 Å². The first-order valence-corrected chi connectivity index (χ1v) is 6.85. The van der Waals surface area contributed by atoms with Gasteiger partial charge in [-0.3, -0.25) is 5.43 Å². The van der Waals surface area contributed by atoms with Crippen LogP contribution < -0.4 is 10.9 Å². The zero-order chi connectivity index (χ0) is 15.9. The first-order valence-electron chi connectivity index (χ1n) is 6.85. The van der Waals surface area contributed by atoms with Crippen molar-refractivity contribution in [2.24, 2.45) is 4.99 Å². The van der Waals surface area contributed by atoms with E-state index in [1.165, 1.54) is 6.26 Å². The number of carbonyl (C=O) groups excluding carboxylic acids is 1. The summed E-state index contributed by atoms with van der Waals surface area (Å²) < 4.78 is 10.1. The summed E-state index contributed by atoms with van der Waals surface area (Å²) in [6, 6.07) is 7.24. The molecule has 2 N–H and O–H groups in total. The van der Waals surface area contributed by atoms with Gasteiger partial charge in [0.15, 0.2) is 17.4 Å². The number of rotatable bonds is 3. The minimum Gasteiger partial charge on any atom is -0.461 e. The molecule has 2 aromatic rings. The van der Waals surface area contributed by atoms with Crippen molar-refractivity contribution >= 4 is 17.7 Å². The van der Waals surface area contributed by atoms with Crippen LogP contribution in [0.2, 0.25) is 0 Å². The maximum absolute atomic E-state index is 11.4. The van der Waals surface area contributed by atoms with Crippen LogP contribution >= 0.6 is 0 Å². The summed E-state index contributed by atoms with van der Waals surface area (Å²) >= 11 is 0. The maximum atomic E-state index is 11.4. The smallest absolute Gasteiger partial charge is 0.425 e. The van der Waals surface area contributed by atoms with E-state index in [0.717, 1.165) is 11.3 Å². The highest BCUT2D eigenvalue weighted by Crippen LogP contribution is 2.14. The number of amidine groups is 1. The summed E-state index contributed by atoms with van der Waals surface area (Å²) in [5.74, 6) is 1.32. The van der Waals surface area contributed by atoms with Crippen molar-refractivity contribution in [1.82, 2.24) is 15.8 Å². The molecule has 0 aliphatic carbocycles. The second-order valence-electron chi connectivity index (χ2n) is 4.55. The van der Waals surface area contributed by atoms with Crippen LogP contribution in [-0.2, 0) is 4.74 Å². The molecular formula is C15H18N4O3. The van der Waals surface area contributed by atoms with Gasteiger partial charge in [-0.1, -0.05) is 0 Å². The molecule has 116 valence electrons. The summed E-state index contributed by atoms with van der Waals surface area (Å²) in [6.45, 7) is 5.85. The number of carbonyl (C=O) groups is 1. The molecule has 0 aliphatic heterocycles. The van der Waals surface area contributed by atoms with Crippen LogP contribution in [0, 0.1) is 13.8 Å². The molecule has 0 fully saturated rings. The van der Waals surface area contributed by atoms with E-state index in [0.29, 0.717) is 17.4 Å². The van der Waals surface area contributed by atoms with Crippen molar-refractivity contribution in [3.8, 4) is 0 Å². The van der Waals surface area contributed by atoms with Crippen molar-refractivity contribution in [3.05, 3.63) is 47.5 Å². The summed E-state index contributed by atoms with van der Waals surface area (Å²) in [5.41, 5.74) is 6.98. The third-order valence-electron chi connectivity index (χ3n) is 2.62. The monoisotopic (exact) mass is 302 g/mol. The highest BCUT2D eigenvalue weighted by molar-refractivity contribution is 5.98. The lowest BCUT2D eigenvalue weighted by atomic mass is 10.2. The van der Waals surface area contributed by atoms with Crippen molar-refractivity contribution in [3.63, 3.8) is 0 Å². The van der Waals surface area contributed by atoms with E-state index in [-0.39, 0.29) is 6.61 Å². The fourth-order valence-corrected chi connectivity index (χ4v) is 1.83. The summed E-state index contributed by atoms with van der Waals surface area (Å²) in [6.07, 6.45) is 0.918. The predicted octanol–water partition coefficient (Wildman–Crippen LogP) is 2.62. The number of hydrazine groups is 1. The summed E-state index contributed by atoms with van der Waals surface area (Å²) in [7, 11) is 0. The van der Waals surface area contributed by atoms with E-state index < -0.39 is 6.09 Å². The normalized spacial score (nSPS) is 11.1. The van der Waals surface area contributed by atoms with E-state index in [2.05, 4.69) is 20.8 Å². The van der Waals surface area contributed by atoms with E-state index in [1.54, 1.807) is 19.1 Å². The Hall–Kier alpha value is -2.83. The molecule has 1 amide bonds. The third kappa shape index (κ3) is 4.34. The second kappa shape index (κ2) is 7.26. The van der Waals surface area contributed by atoms with Crippen LogP contribution in [0.4, 0.5) is 10.6 Å². The van der Waals surface area contributed by atoms with Crippen LogP contribution in [0.25, 0.3) is 0 Å². The first-order chi connectivity index (χ1) is 10.6. The zero-order valence-electron chi connectivity index (χ0n) is 12.7. The molecule has 0 atom stereocenters. The fourth-order valence-electron chi connectivity index (χ4n) is 1.83.